The van der Waals surface area contributed by atoms with Gasteiger partial charge in [0.2, 0.25) is 0 Å². The van der Waals surface area contributed by atoms with E-state index in [-0.39, 0.29) is 18.6 Å². The number of fused-ring (bicyclic) bond motifs is 3. The van der Waals surface area contributed by atoms with Crippen molar-refractivity contribution >= 4 is 42.0 Å². The maximum atomic E-state index is 14.7. The number of nitrogens with one attached hydrogen (secondary N) is 1. The van der Waals surface area contributed by atoms with Crippen molar-refractivity contribution in [1.29, 1.82) is 0 Å². The van der Waals surface area contributed by atoms with Crippen LogP contribution in [0.5, 0.6) is 5.75 Å². The summed E-state index contributed by atoms with van der Waals surface area (Å²) >= 11 is 0. The van der Waals surface area contributed by atoms with Gasteiger partial charge in [0.05, 0.1) is 23.8 Å². The summed E-state index contributed by atoms with van der Waals surface area (Å²) in [6, 6.07) is 16.0. The molecule has 2 aromatic heterocycles. The van der Waals surface area contributed by atoms with Gasteiger partial charge in [0.25, 0.3) is 0 Å². The van der Waals surface area contributed by atoms with Crippen LogP contribution < -0.4 is 15.3 Å². The number of nitrogen functional groups attached to an aromatic ring is 1. The molecule has 7 rings (SSSR count). The minimum Gasteiger partial charge on any atom is -0.461 e. The lowest BCUT2D eigenvalue weighted by molar-refractivity contribution is -0.161. The summed E-state index contributed by atoms with van der Waals surface area (Å²) in [5, 5.41) is 9.03. The third-order valence-electron chi connectivity index (χ3n) is 9.49. The molecule has 6 atom stereocenters. The number of benzene rings is 2. The maximum absolute atomic E-state index is 14.7. The number of esters is 1. The van der Waals surface area contributed by atoms with Gasteiger partial charge >= 0.3 is 13.7 Å². The fourth-order valence-corrected chi connectivity index (χ4v) is 8.63. The topological polar surface area (TPSA) is 161 Å². The number of aliphatic imine (C=N–C) groups is 1. The molecule has 0 amide bonds. The molecule has 3 heterocycles. The van der Waals surface area contributed by atoms with Gasteiger partial charge < -0.3 is 24.5 Å². The van der Waals surface area contributed by atoms with Crippen molar-refractivity contribution in [3.05, 3.63) is 66.6 Å². The average Bonchev–Trinajstić information content (AvgIpc) is 3.69. The van der Waals surface area contributed by atoms with Gasteiger partial charge in [-0.3, -0.25) is 14.3 Å². The van der Waals surface area contributed by atoms with Crippen LogP contribution in [0.15, 0.2) is 65.9 Å². The van der Waals surface area contributed by atoms with Crippen molar-refractivity contribution in [2.75, 3.05) is 19.4 Å². The number of rotatable bonds is 11. The largest absolute Gasteiger partial charge is 0.461 e. The maximum Gasteiger partial charge on any atom is 0.459 e. The Kier molecular flexibility index (Phi) is 8.53. The van der Waals surface area contributed by atoms with E-state index in [4.69, 9.17) is 29.0 Å². The molecule has 0 spiro atoms. The monoisotopic (exact) mass is 676 g/mol. The molecule has 3 aliphatic rings. The van der Waals surface area contributed by atoms with E-state index in [9.17, 15) is 9.36 Å². The molecule has 48 heavy (non-hydrogen) atoms. The molecule has 3 fully saturated rings. The van der Waals surface area contributed by atoms with E-state index in [1.54, 1.807) is 24.6 Å². The van der Waals surface area contributed by atoms with E-state index in [0.717, 1.165) is 35.7 Å². The lowest BCUT2D eigenvalue weighted by atomic mass is 9.81. The van der Waals surface area contributed by atoms with E-state index in [1.165, 1.54) is 6.33 Å². The lowest BCUT2D eigenvalue weighted by Gasteiger charge is -2.32. The Hall–Kier alpha value is -3.87. The second-order valence-corrected chi connectivity index (χ2v) is 15.0. The molecular formula is C34H41N6O7P. The van der Waals surface area contributed by atoms with Crippen molar-refractivity contribution in [1.82, 2.24) is 19.7 Å². The Bertz CT molecular complexity index is 1910. The molecule has 0 radical (unpaired) electrons. The summed E-state index contributed by atoms with van der Waals surface area (Å²) in [7, 11) is -2.49. The van der Waals surface area contributed by atoms with Gasteiger partial charge in [-0.1, -0.05) is 36.4 Å². The van der Waals surface area contributed by atoms with Gasteiger partial charge in [0.1, 0.15) is 35.8 Å². The van der Waals surface area contributed by atoms with Gasteiger partial charge in [-0.05, 0) is 70.0 Å². The van der Waals surface area contributed by atoms with E-state index in [0.29, 0.717) is 23.5 Å². The first-order chi connectivity index (χ1) is 23.0. The minimum absolute atomic E-state index is 0.0419. The number of aromatic nitrogens is 3. The molecule has 2 aliphatic carbocycles. The van der Waals surface area contributed by atoms with Gasteiger partial charge in [0.15, 0.2) is 11.6 Å². The summed E-state index contributed by atoms with van der Waals surface area (Å²) in [5.41, 5.74) is 6.85. The van der Waals surface area contributed by atoms with Gasteiger partial charge in [-0.15, -0.1) is 0 Å². The Labute approximate surface area is 278 Å². The summed E-state index contributed by atoms with van der Waals surface area (Å²) in [6.45, 7) is 5.28. The molecule has 2 saturated carbocycles. The molecule has 3 N–H and O–H groups in total. The zero-order chi connectivity index (χ0) is 33.7. The highest BCUT2D eigenvalue weighted by molar-refractivity contribution is 7.52. The molecule has 2 aromatic carbocycles. The molecule has 254 valence electrons. The van der Waals surface area contributed by atoms with Gasteiger partial charge in [-0.2, -0.15) is 10.2 Å². The standard InChI is InChI=1S/C34H41N6O7P/c1-21(32(41)44-24-11-8-12-24)39-48(42,47-27-14-7-10-22-9-5-6-13-25(22)27)43-18-23-17-34(19-36-4,30-29(23)45-33(2,3)46-30)28-16-15-26-31(35)37-20-38-40(26)28/h5-7,9-10,13-16,19-21,23-24,29-30H,8,11-12,17-18H2,1-4H3,(H,39,42)(H2,35,37,38)/b36-19-/t21-,23+,29+,30+,34+,48?/m0/s1. The number of ether oxygens (including phenoxy) is 3. The van der Waals surface area contributed by atoms with Crippen molar-refractivity contribution < 1.29 is 32.6 Å². The Morgan fingerprint density at radius 1 is 1.19 bits per heavy atom. The number of nitrogens with zero attached hydrogens (tertiary/aromatic N) is 4. The van der Waals surface area contributed by atoms with Gasteiger partial charge in [-0.25, -0.2) is 14.1 Å². The third kappa shape index (κ3) is 5.98. The number of hydrogen-bond donors (Lipinski definition) is 2. The molecule has 14 heteroatoms. The van der Waals surface area contributed by atoms with Crippen LogP contribution in [0.25, 0.3) is 16.3 Å². The Morgan fingerprint density at radius 2 is 1.98 bits per heavy atom. The van der Waals surface area contributed by atoms with Crippen LogP contribution in [0.4, 0.5) is 5.82 Å². The smallest absolute Gasteiger partial charge is 0.459 e. The van der Waals surface area contributed by atoms with Crippen molar-refractivity contribution in [2.24, 2.45) is 10.9 Å². The quantitative estimate of drug-likeness (QED) is 0.122. The van der Waals surface area contributed by atoms with Crippen LogP contribution in [-0.2, 0) is 33.5 Å². The lowest BCUT2D eigenvalue weighted by Crippen LogP contribution is -2.42. The summed E-state index contributed by atoms with van der Waals surface area (Å²) in [6.07, 6.45) is 5.31. The normalized spacial score (nSPS) is 27.1. The molecule has 1 saturated heterocycles. The van der Waals surface area contributed by atoms with Gasteiger partial charge in [0, 0.05) is 24.6 Å². The Morgan fingerprint density at radius 3 is 2.75 bits per heavy atom. The van der Waals surface area contributed by atoms with Crippen molar-refractivity contribution in [3.63, 3.8) is 0 Å². The number of carbonyl (C=O) groups excluding carboxylic acids is 1. The fourth-order valence-electron chi connectivity index (χ4n) is 7.06. The van der Waals surface area contributed by atoms with E-state index < -0.39 is 43.2 Å². The van der Waals surface area contributed by atoms with Crippen LogP contribution >= 0.6 is 7.75 Å². The average molecular weight is 677 g/mol. The Balaban J connectivity index is 1.21. The molecule has 1 aliphatic heterocycles. The van der Waals surface area contributed by atoms with Crippen LogP contribution in [0.2, 0.25) is 0 Å². The summed E-state index contributed by atoms with van der Waals surface area (Å²) < 4.78 is 47.6. The molecule has 1 unspecified atom stereocenters. The van der Waals surface area contributed by atoms with Crippen LogP contribution in [0.1, 0.15) is 52.1 Å². The first kappa shape index (κ1) is 32.7. The van der Waals surface area contributed by atoms with E-state index >= 15 is 0 Å². The molecule has 0 bridgehead atoms. The minimum atomic E-state index is -4.20. The predicted octanol–water partition coefficient (Wildman–Crippen LogP) is 5.22. The second-order valence-electron chi connectivity index (χ2n) is 13.3. The second kappa shape index (κ2) is 12.5. The third-order valence-corrected chi connectivity index (χ3v) is 11.1. The summed E-state index contributed by atoms with van der Waals surface area (Å²) in [5.74, 6) is -1.05. The van der Waals surface area contributed by atoms with E-state index in [1.807, 2.05) is 68.6 Å². The zero-order valence-corrected chi connectivity index (χ0v) is 28.3. The number of hydrogen-bond acceptors (Lipinski definition) is 11. The molecule has 4 aromatic rings. The number of carbonyl (C=O) groups is 1. The van der Waals surface area contributed by atoms with Crippen molar-refractivity contribution in [2.45, 2.75) is 82.0 Å². The zero-order valence-electron chi connectivity index (χ0n) is 27.4. The first-order valence-electron chi connectivity index (χ1n) is 16.3. The highest BCUT2D eigenvalue weighted by Crippen LogP contribution is 2.54. The van der Waals surface area contributed by atoms with Crippen LogP contribution in [0, 0.1) is 5.92 Å². The SMILES string of the molecule is C/N=C\[C@@]1(c2ccc3c(N)ncnn23)C[C@H](COP(=O)(N[C@@H](C)C(=O)OC2CCC2)Oc2cccc3ccccc23)[C@H]2OC(C)(C)O[C@H]21. The highest BCUT2D eigenvalue weighted by atomic mass is 31.2. The molecular weight excluding hydrogens is 635 g/mol. The fraction of sp³-hybridized carbons (Fsp3) is 0.471. The van der Waals surface area contributed by atoms with Crippen molar-refractivity contribution in [3.8, 4) is 5.75 Å². The predicted molar refractivity (Wildman–Crippen MR) is 180 cm³/mol. The van der Waals surface area contributed by atoms with E-state index in [2.05, 4.69) is 20.2 Å². The highest BCUT2D eigenvalue weighted by Gasteiger charge is 2.62. The number of anilines is 1. The number of nitrogens with two attached hydrogens (primary N) is 1. The molecule has 13 nitrogen and oxygen atoms in total. The van der Waals surface area contributed by atoms with Crippen LogP contribution in [-0.4, -0.2) is 70.6 Å². The first-order valence-corrected chi connectivity index (χ1v) is 17.8. The summed E-state index contributed by atoms with van der Waals surface area (Å²) in [4.78, 5) is 21.6. The van der Waals surface area contributed by atoms with Crippen LogP contribution in [0.3, 0.4) is 0 Å².